The fourth-order valence-electron chi connectivity index (χ4n) is 3.19. The second kappa shape index (κ2) is 11.6. The first-order chi connectivity index (χ1) is 14.5. The number of hydrogen-bond donors (Lipinski definition) is 6. The van der Waals surface area contributed by atoms with Crippen molar-refractivity contribution in [2.24, 2.45) is 0 Å². The molecule has 2 unspecified atom stereocenters. The molecule has 30 heavy (non-hydrogen) atoms. The maximum Gasteiger partial charge on any atom is 0.188 e. The predicted octanol–water partition coefficient (Wildman–Crippen LogP) is 3.86. The molecule has 0 aliphatic rings. The van der Waals surface area contributed by atoms with Gasteiger partial charge in [-0.15, -0.1) is 0 Å². The van der Waals surface area contributed by atoms with E-state index in [9.17, 15) is 19.6 Å². The molecule has 6 nitrogen and oxygen atoms in total. The first kappa shape index (κ1) is 23.0. The monoisotopic (exact) mass is 444 g/mol. The lowest BCUT2D eigenvalue weighted by Gasteiger charge is -2.24. The van der Waals surface area contributed by atoms with Gasteiger partial charge in [-0.2, -0.15) is 0 Å². The average Bonchev–Trinajstić information content (AvgIpc) is 2.75. The summed E-state index contributed by atoms with van der Waals surface area (Å²) in [7, 11) is -4.56. The van der Waals surface area contributed by atoms with Crippen molar-refractivity contribution in [2.45, 2.75) is 24.7 Å². The summed E-state index contributed by atoms with van der Waals surface area (Å²) < 4.78 is 0. The number of nitrogens with one attached hydrogen (secondary N) is 2. The van der Waals surface area contributed by atoms with Crippen molar-refractivity contribution in [3.05, 3.63) is 107 Å². The Balaban J connectivity index is 1.75. The van der Waals surface area contributed by atoms with Gasteiger partial charge in [-0.3, -0.25) is 10.6 Å². The average molecular weight is 444 g/mol. The van der Waals surface area contributed by atoms with Gasteiger partial charge in [0.1, 0.15) is 11.6 Å². The van der Waals surface area contributed by atoms with Crippen molar-refractivity contribution in [1.82, 2.24) is 10.6 Å². The lowest BCUT2D eigenvalue weighted by atomic mass is 10.1. The molecule has 0 amide bonds. The molecule has 0 spiro atoms. The van der Waals surface area contributed by atoms with Crippen LogP contribution in [0.1, 0.15) is 33.8 Å². The lowest BCUT2D eigenvalue weighted by Crippen LogP contribution is -2.22. The van der Waals surface area contributed by atoms with Gasteiger partial charge in [-0.1, -0.05) is 84.9 Å². The summed E-state index contributed by atoms with van der Waals surface area (Å²) in [5.74, 6) is -1.31. The van der Waals surface area contributed by atoms with Crippen molar-refractivity contribution < 1.29 is 19.6 Å². The van der Waals surface area contributed by atoms with E-state index in [-0.39, 0.29) is 0 Å². The van der Waals surface area contributed by atoms with Gasteiger partial charge in [-0.25, -0.2) is 0 Å². The SMILES string of the molecule is OP(O)C(NCc1ccccc1)c1cccc(C(NCc2ccccc2)P(O)O)c1. The summed E-state index contributed by atoms with van der Waals surface area (Å²) in [5, 5.41) is 6.39. The van der Waals surface area contributed by atoms with E-state index in [1.54, 1.807) is 24.3 Å². The Morgan fingerprint density at radius 3 is 1.33 bits per heavy atom. The minimum Gasteiger partial charge on any atom is -0.349 e. The molecule has 0 bridgehead atoms. The summed E-state index contributed by atoms with van der Waals surface area (Å²) in [4.78, 5) is 39.9. The third-order valence-electron chi connectivity index (χ3n) is 4.69. The molecule has 0 saturated heterocycles. The molecule has 2 atom stereocenters. The largest absolute Gasteiger partial charge is 0.349 e. The highest BCUT2D eigenvalue weighted by atomic mass is 31.2. The van der Waals surface area contributed by atoms with E-state index in [0.29, 0.717) is 24.2 Å². The quantitative estimate of drug-likeness (QED) is 0.266. The molecule has 0 radical (unpaired) electrons. The van der Waals surface area contributed by atoms with E-state index in [1.807, 2.05) is 60.7 Å². The van der Waals surface area contributed by atoms with Gasteiger partial charge < -0.3 is 19.6 Å². The molecule has 0 fully saturated rings. The third-order valence-corrected chi connectivity index (χ3v) is 6.57. The van der Waals surface area contributed by atoms with Crippen LogP contribution in [-0.2, 0) is 13.1 Å². The molecule has 0 aromatic heterocycles. The maximum atomic E-state index is 9.98. The molecule has 0 heterocycles. The first-order valence-electron chi connectivity index (χ1n) is 9.53. The molecule has 6 N–H and O–H groups in total. The Kier molecular flexibility index (Phi) is 8.88. The maximum absolute atomic E-state index is 9.98. The van der Waals surface area contributed by atoms with E-state index in [1.165, 1.54) is 0 Å². The van der Waals surface area contributed by atoms with Crippen LogP contribution in [0.4, 0.5) is 0 Å². The zero-order valence-corrected chi connectivity index (χ0v) is 18.1. The van der Waals surface area contributed by atoms with Crippen LogP contribution in [0.25, 0.3) is 0 Å². The van der Waals surface area contributed by atoms with Crippen molar-refractivity contribution in [3.63, 3.8) is 0 Å². The van der Waals surface area contributed by atoms with Crippen LogP contribution in [-0.4, -0.2) is 19.6 Å². The standard InChI is InChI=1S/C22H26N2O4P2/c25-29(26)21(23-15-17-8-3-1-4-9-17)19-12-7-13-20(14-19)22(30(27)28)24-16-18-10-5-2-6-11-18/h1-14,21-28H,15-16H2. The van der Waals surface area contributed by atoms with Crippen molar-refractivity contribution in [2.75, 3.05) is 0 Å². The second-order valence-corrected chi connectivity index (χ2v) is 9.16. The number of benzene rings is 3. The first-order valence-corrected chi connectivity index (χ1v) is 12.2. The summed E-state index contributed by atoms with van der Waals surface area (Å²) in [6, 6.07) is 26.6. The Bertz CT molecular complexity index is 827. The fourth-order valence-corrected chi connectivity index (χ4v) is 4.55. The molecule has 3 rings (SSSR count). The molecule has 158 valence electrons. The zero-order valence-electron chi connectivity index (χ0n) is 16.3. The predicted molar refractivity (Wildman–Crippen MR) is 121 cm³/mol. The van der Waals surface area contributed by atoms with Gasteiger partial charge in [0.25, 0.3) is 0 Å². The summed E-state index contributed by atoms with van der Waals surface area (Å²) in [6.07, 6.45) is 0. The molecule has 0 saturated carbocycles. The van der Waals surface area contributed by atoms with Crippen LogP contribution in [0.3, 0.4) is 0 Å². The van der Waals surface area contributed by atoms with Gasteiger partial charge in [0, 0.05) is 13.1 Å². The molecule has 3 aromatic rings. The van der Waals surface area contributed by atoms with E-state index < -0.39 is 28.3 Å². The van der Waals surface area contributed by atoms with Crippen LogP contribution in [0.2, 0.25) is 0 Å². The Morgan fingerprint density at radius 1 is 0.567 bits per heavy atom. The van der Waals surface area contributed by atoms with E-state index in [2.05, 4.69) is 10.6 Å². The van der Waals surface area contributed by atoms with Crippen molar-refractivity contribution in [1.29, 1.82) is 0 Å². The number of rotatable bonds is 10. The molecular formula is C22H26N2O4P2. The lowest BCUT2D eigenvalue weighted by molar-refractivity contribution is 0.446. The van der Waals surface area contributed by atoms with E-state index >= 15 is 0 Å². The van der Waals surface area contributed by atoms with Crippen LogP contribution >= 0.6 is 16.8 Å². The Labute approximate surface area is 179 Å². The summed E-state index contributed by atoms with van der Waals surface area (Å²) in [6.45, 7) is 0.968. The minimum absolute atomic E-state index is 0.484. The fraction of sp³-hybridized carbons (Fsp3) is 0.182. The van der Waals surface area contributed by atoms with Crippen molar-refractivity contribution in [3.8, 4) is 0 Å². The zero-order chi connectivity index (χ0) is 21.3. The highest BCUT2D eigenvalue weighted by molar-refractivity contribution is 7.45. The van der Waals surface area contributed by atoms with E-state index in [0.717, 1.165) is 11.1 Å². The van der Waals surface area contributed by atoms with Gasteiger partial charge >= 0.3 is 0 Å². The van der Waals surface area contributed by atoms with Crippen LogP contribution in [0, 0.1) is 0 Å². The smallest absolute Gasteiger partial charge is 0.188 e. The van der Waals surface area contributed by atoms with Crippen LogP contribution < -0.4 is 10.6 Å². The highest BCUT2D eigenvalue weighted by Crippen LogP contribution is 2.45. The topological polar surface area (TPSA) is 105 Å². The number of hydrogen-bond acceptors (Lipinski definition) is 6. The minimum atomic E-state index is -2.28. The van der Waals surface area contributed by atoms with Gasteiger partial charge in [0.2, 0.25) is 0 Å². The molecule has 0 aliphatic carbocycles. The molecular weight excluding hydrogens is 418 g/mol. The Hall–Kier alpha value is -1.72. The summed E-state index contributed by atoms with van der Waals surface area (Å²) in [5.41, 5.74) is 3.44. The van der Waals surface area contributed by atoms with Crippen LogP contribution in [0.5, 0.6) is 0 Å². The second-order valence-electron chi connectivity index (χ2n) is 6.85. The van der Waals surface area contributed by atoms with E-state index in [4.69, 9.17) is 0 Å². The Morgan fingerprint density at radius 2 is 0.967 bits per heavy atom. The summed E-state index contributed by atoms with van der Waals surface area (Å²) >= 11 is 0. The van der Waals surface area contributed by atoms with Gasteiger partial charge in [0.15, 0.2) is 16.8 Å². The molecule has 0 aliphatic heterocycles. The molecule has 8 heteroatoms. The highest BCUT2D eigenvalue weighted by Gasteiger charge is 2.24. The third kappa shape index (κ3) is 6.64. The normalized spacial score (nSPS) is 13.5. The van der Waals surface area contributed by atoms with Crippen molar-refractivity contribution >= 4 is 16.8 Å². The van der Waals surface area contributed by atoms with Gasteiger partial charge in [-0.05, 0) is 22.3 Å². The van der Waals surface area contributed by atoms with Gasteiger partial charge in [0.05, 0.1) is 0 Å². The molecule has 3 aromatic carbocycles. The van der Waals surface area contributed by atoms with Crippen LogP contribution in [0.15, 0.2) is 84.9 Å².